The van der Waals surface area contributed by atoms with Crippen molar-refractivity contribution in [1.82, 2.24) is 5.32 Å². The Morgan fingerprint density at radius 2 is 2.24 bits per heavy atom. The van der Waals surface area contributed by atoms with Gasteiger partial charge in [-0.2, -0.15) is 5.26 Å². The van der Waals surface area contributed by atoms with E-state index in [0.29, 0.717) is 6.61 Å². The van der Waals surface area contributed by atoms with E-state index in [0.717, 1.165) is 32.2 Å². The van der Waals surface area contributed by atoms with Gasteiger partial charge in [-0.1, -0.05) is 13.3 Å². The standard InChI is InChI=1S/C13H22N2O2/c1-3-5-8-15-11-7-6-10(9-14)12(11)13(16)17-4-2/h10-12,15H,3-8H2,1-2H3/t10-,11-,12-/m1/s1. The summed E-state index contributed by atoms with van der Waals surface area (Å²) in [5.74, 6) is -0.685. The average Bonchev–Trinajstić information content (AvgIpc) is 2.73. The first-order chi connectivity index (χ1) is 8.24. The van der Waals surface area contributed by atoms with Crippen LogP contribution in [0.3, 0.4) is 0 Å². The molecule has 17 heavy (non-hydrogen) atoms. The Hall–Kier alpha value is -1.08. The Bertz CT molecular complexity index is 286. The molecule has 1 rings (SSSR count). The highest BCUT2D eigenvalue weighted by molar-refractivity contribution is 5.74. The number of carbonyl (C=O) groups is 1. The second-order valence-corrected chi connectivity index (χ2v) is 4.50. The predicted octanol–water partition coefficient (Wildman–Crippen LogP) is 1.86. The molecule has 0 unspecified atom stereocenters. The van der Waals surface area contributed by atoms with E-state index in [4.69, 9.17) is 10.00 Å². The van der Waals surface area contributed by atoms with Gasteiger partial charge in [-0.05, 0) is 32.7 Å². The minimum Gasteiger partial charge on any atom is -0.466 e. The Morgan fingerprint density at radius 1 is 1.47 bits per heavy atom. The van der Waals surface area contributed by atoms with Gasteiger partial charge in [-0.25, -0.2) is 0 Å². The van der Waals surface area contributed by atoms with Gasteiger partial charge >= 0.3 is 5.97 Å². The lowest BCUT2D eigenvalue weighted by Gasteiger charge is -2.21. The molecule has 0 spiro atoms. The summed E-state index contributed by atoms with van der Waals surface area (Å²) in [6.07, 6.45) is 3.92. The van der Waals surface area contributed by atoms with Gasteiger partial charge in [0.2, 0.25) is 0 Å². The molecule has 1 aliphatic rings. The Morgan fingerprint density at radius 3 is 2.82 bits per heavy atom. The van der Waals surface area contributed by atoms with Crippen LogP contribution < -0.4 is 5.32 Å². The summed E-state index contributed by atoms with van der Waals surface area (Å²) in [7, 11) is 0. The smallest absolute Gasteiger partial charge is 0.311 e. The zero-order valence-corrected chi connectivity index (χ0v) is 10.7. The summed E-state index contributed by atoms with van der Waals surface area (Å²) in [6, 6.07) is 2.35. The number of unbranched alkanes of at least 4 members (excludes halogenated alkanes) is 1. The van der Waals surface area contributed by atoms with Crippen LogP contribution in [0.1, 0.15) is 39.5 Å². The molecule has 0 amide bonds. The molecule has 1 aliphatic carbocycles. The van der Waals surface area contributed by atoms with Crippen molar-refractivity contribution < 1.29 is 9.53 Å². The van der Waals surface area contributed by atoms with Crippen molar-refractivity contribution in [1.29, 1.82) is 5.26 Å². The molecule has 0 radical (unpaired) electrons. The van der Waals surface area contributed by atoms with Gasteiger partial charge < -0.3 is 10.1 Å². The van der Waals surface area contributed by atoms with Crippen molar-refractivity contribution in [2.24, 2.45) is 11.8 Å². The molecule has 1 saturated carbocycles. The maximum atomic E-state index is 11.8. The maximum Gasteiger partial charge on any atom is 0.311 e. The van der Waals surface area contributed by atoms with E-state index < -0.39 is 0 Å². The first-order valence-electron chi connectivity index (χ1n) is 6.54. The van der Waals surface area contributed by atoms with E-state index in [9.17, 15) is 4.79 Å². The molecule has 1 N–H and O–H groups in total. The van der Waals surface area contributed by atoms with Crippen LogP contribution in [0.25, 0.3) is 0 Å². The lowest BCUT2D eigenvalue weighted by molar-refractivity contribution is -0.149. The van der Waals surface area contributed by atoms with Crippen LogP contribution in [-0.2, 0) is 9.53 Å². The lowest BCUT2D eigenvalue weighted by atomic mass is 9.95. The molecule has 4 heteroatoms. The molecule has 3 atom stereocenters. The Balaban J connectivity index is 2.57. The number of nitrogens with zero attached hydrogens (tertiary/aromatic N) is 1. The number of rotatable bonds is 6. The number of hydrogen-bond donors (Lipinski definition) is 1. The SMILES string of the molecule is CCCCN[C@@H]1CC[C@H](C#N)[C@H]1C(=O)OCC. The number of hydrogen-bond acceptors (Lipinski definition) is 4. The van der Waals surface area contributed by atoms with Crippen molar-refractivity contribution in [3.8, 4) is 6.07 Å². The van der Waals surface area contributed by atoms with Crippen LogP contribution in [0.5, 0.6) is 0 Å². The van der Waals surface area contributed by atoms with E-state index in [-0.39, 0.29) is 23.8 Å². The predicted molar refractivity (Wildman–Crippen MR) is 65.2 cm³/mol. The van der Waals surface area contributed by atoms with Crippen LogP contribution in [-0.4, -0.2) is 25.2 Å². The van der Waals surface area contributed by atoms with Gasteiger partial charge in [-0.15, -0.1) is 0 Å². The van der Waals surface area contributed by atoms with E-state index in [1.807, 2.05) is 0 Å². The largest absolute Gasteiger partial charge is 0.466 e. The minimum absolute atomic E-state index is 0.116. The molecule has 96 valence electrons. The molecule has 0 saturated heterocycles. The summed E-state index contributed by atoms with van der Waals surface area (Å²) in [6.45, 7) is 5.23. The van der Waals surface area contributed by atoms with E-state index in [1.165, 1.54) is 0 Å². The molecule has 0 aromatic heterocycles. The summed E-state index contributed by atoms with van der Waals surface area (Å²) >= 11 is 0. The second-order valence-electron chi connectivity index (χ2n) is 4.50. The number of esters is 1. The quantitative estimate of drug-likeness (QED) is 0.566. The van der Waals surface area contributed by atoms with Crippen molar-refractivity contribution in [3.63, 3.8) is 0 Å². The van der Waals surface area contributed by atoms with E-state index in [2.05, 4.69) is 18.3 Å². The normalized spacial score (nSPS) is 27.7. The number of nitriles is 1. The van der Waals surface area contributed by atoms with E-state index in [1.54, 1.807) is 6.92 Å². The first-order valence-corrected chi connectivity index (χ1v) is 6.54. The molecule has 0 heterocycles. The van der Waals surface area contributed by atoms with Crippen LogP contribution in [0.4, 0.5) is 0 Å². The highest BCUT2D eigenvalue weighted by Crippen LogP contribution is 2.32. The van der Waals surface area contributed by atoms with E-state index >= 15 is 0 Å². The molecule has 0 aromatic carbocycles. The summed E-state index contributed by atoms with van der Waals surface area (Å²) < 4.78 is 5.06. The Labute approximate surface area is 103 Å². The highest BCUT2D eigenvalue weighted by Gasteiger charge is 2.41. The summed E-state index contributed by atoms with van der Waals surface area (Å²) in [5, 5.41) is 12.4. The topological polar surface area (TPSA) is 62.1 Å². The Kier molecular flexibility index (Phi) is 5.99. The molecule has 0 aromatic rings. The fourth-order valence-electron chi connectivity index (χ4n) is 2.40. The molecular formula is C13H22N2O2. The molecule has 0 aliphatic heterocycles. The zero-order chi connectivity index (χ0) is 12.7. The minimum atomic E-state index is -0.281. The number of carbonyl (C=O) groups excluding carboxylic acids is 1. The fraction of sp³-hybridized carbons (Fsp3) is 0.846. The lowest BCUT2D eigenvalue weighted by Crippen LogP contribution is -2.39. The monoisotopic (exact) mass is 238 g/mol. The molecule has 4 nitrogen and oxygen atoms in total. The van der Waals surface area contributed by atoms with Crippen molar-refractivity contribution >= 4 is 5.97 Å². The fourth-order valence-corrected chi connectivity index (χ4v) is 2.40. The number of nitrogens with one attached hydrogen (secondary N) is 1. The summed E-state index contributed by atoms with van der Waals surface area (Å²) in [4.78, 5) is 11.8. The van der Waals surface area contributed by atoms with Gasteiger partial charge in [0.05, 0.1) is 24.5 Å². The molecule has 0 bridgehead atoms. The van der Waals surface area contributed by atoms with Crippen molar-refractivity contribution in [2.45, 2.75) is 45.6 Å². The highest BCUT2D eigenvalue weighted by atomic mass is 16.5. The zero-order valence-electron chi connectivity index (χ0n) is 10.7. The third kappa shape index (κ3) is 3.71. The first kappa shape index (κ1) is 14.0. The van der Waals surface area contributed by atoms with Gasteiger partial charge in [0.15, 0.2) is 0 Å². The van der Waals surface area contributed by atoms with Crippen LogP contribution in [0, 0.1) is 23.2 Å². The third-order valence-electron chi connectivity index (χ3n) is 3.32. The van der Waals surface area contributed by atoms with Crippen molar-refractivity contribution in [2.75, 3.05) is 13.2 Å². The van der Waals surface area contributed by atoms with Gasteiger partial charge in [-0.3, -0.25) is 4.79 Å². The van der Waals surface area contributed by atoms with Gasteiger partial charge in [0.25, 0.3) is 0 Å². The van der Waals surface area contributed by atoms with Gasteiger partial charge in [0, 0.05) is 6.04 Å². The molecular weight excluding hydrogens is 216 g/mol. The summed E-state index contributed by atoms with van der Waals surface area (Å²) in [5.41, 5.74) is 0. The number of ether oxygens (including phenoxy) is 1. The van der Waals surface area contributed by atoms with Crippen molar-refractivity contribution in [3.05, 3.63) is 0 Å². The van der Waals surface area contributed by atoms with Crippen LogP contribution in [0.15, 0.2) is 0 Å². The van der Waals surface area contributed by atoms with Crippen LogP contribution >= 0.6 is 0 Å². The molecule has 1 fully saturated rings. The second kappa shape index (κ2) is 7.29. The van der Waals surface area contributed by atoms with Crippen LogP contribution in [0.2, 0.25) is 0 Å². The maximum absolute atomic E-state index is 11.8. The average molecular weight is 238 g/mol. The van der Waals surface area contributed by atoms with Gasteiger partial charge in [0.1, 0.15) is 0 Å². The third-order valence-corrected chi connectivity index (χ3v) is 3.32.